The van der Waals surface area contributed by atoms with E-state index in [1.807, 2.05) is 30.3 Å². The van der Waals surface area contributed by atoms with Gasteiger partial charge in [-0.1, -0.05) is 36.9 Å². The fourth-order valence-electron chi connectivity index (χ4n) is 0.583. The molecule has 0 heterocycles. The summed E-state index contributed by atoms with van der Waals surface area (Å²) in [6.45, 7) is 3.25. The minimum Gasteiger partial charge on any atom is -0.392 e. The predicted molar refractivity (Wildman–Crippen MR) is 48.6 cm³/mol. The van der Waals surface area contributed by atoms with Gasteiger partial charge in [0.05, 0.1) is 6.61 Å². The van der Waals surface area contributed by atoms with Gasteiger partial charge >= 0.3 is 0 Å². The fraction of sp³-hybridized carbons (Fsp3) is 0.100. The summed E-state index contributed by atoms with van der Waals surface area (Å²) in [5.41, 5.74) is 0.965. The fourth-order valence-corrected chi connectivity index (χ4v) is 0.583. The first-order valence-electron chi connectivity index (χ1n) is 3.56. The molecule has 0 atom stereocenters. The third-order valence-corrected chi connectivity index (χ3v) is 1.12. The van der Waals surface area contributed by atoms with Crippen LogP contribution in [0.5, 0.6) is 0 Å². The second-order valence-electron chi connectivity index (χ2n) is 2.02. The molecule has 2 nitrogen and oxygen atoms in total. The molecule has 12 heavy (non-hydrogen) atoms. The Labute approximate surface area is 72.2 Å². The lowest BCUT2D eigenvalue weighted by Crippen LogP contribution is -1.77. The molecule has 1 rings (SSSR count). The lowest BCUT2D eigenvalue weighted by Gasteiger charge is -1.89. The Morgan fingerprint density at radius 1 is 1.33 bits per heavy atom. The molecule has 1 aromatic rings. The molecule has 0 amide bonds. The van der Waals surface area contributed by atoms with Gasteiger partial charge in [0.15, 0.2) is 0 Å². The summed E-state index contributed by atoms with van der Waals surface area (Å²) in [6.07, 6.45) is 1.83. The molecule has 0 aliphatic rings. The molecule has 1 aromatic carbocycles. The molecule has 0 spiro atoms. The van der Waals surface area contributed by atoms with Crippen molar-refractivity contribution in [1.82, 2.24) is 0 Å². The topological polar surface area (TPSA) is 37.3 Å². The van der Waals surface area contributed by atoms with E-state index in [-0.39, 0.29) is 6.61 Å². The number of aliphatic hydroxyl groups is 1. The van der Waals surface area contributed by atoms with Crippen LogP contribution in [0, 0.1) is 0 Å². The maximum atomic E-state index is 9.06. The van der Waals surface area contributed by atoms with E-state index in [1.54, 1.807) is 0 Å². The SMILES string of the molecule is C=CC=O.OCc1ccccc1. The Hall–Kier alpha value is -1.41. The quantitative estimate of drug-likeness (QED) is 0.532. The van der Waals surface area contributed by atoms with Crippen LogP contribution in [0.4, 0.5) is 0 Å². The van der Waals surface area contributed by atoms with Crippen LogP contribution in [0.15, 0.2) is 43.0 Å². The Morgan fingerprint density at radius 2 is 1.83 bits per heavy atom. The molecule has 2 heteroatoms. The van der Waals surface area contributed by atoms with E-state index in [0.717, 1.165) is 5.56 Å². The molecule has 0 aromatic heterocycles. The zero-order chi connectivity index (χ0) is 9.23. The van der Waals surface area contributed by atoms with E-state index in [1.165, 1.54) is 6.08 Å². The van der Waals surface area contributed by atoms with Crippen molar-refractivity contribution >= 4 is 6.29 Å². The van der Waals surface area contributed by atoms with Gasteiger partial charge in [0.2, 0.25) is 0 Å². The van der Waals surface area contributed by atoms with Crippen molar-refractivity contribution in [3.8, 4) is 0 Å². The highest BCUT2D eigenvalue weighted by atomic mass is 16.3. The van der Waals surface area contributed by atoms with Crippen molar-refractivity contribution < 1.29 is 9.90 Å². The van der Waals surface area contributed by atoms with Crippen LogP contribution in [0.1, 0.15) is 5.56 Å². The number of carbonyl (C=O) groups is 1. The second kappa shape index (κ2) is 7.69. The number of aldehydes is 1. The molecule has 0 unspecified atom stereocenters. The summed E-state index contributed by atoms with van der Waals surface area (Å²) in [7, 11) is 0. The number of hydrogen-bond donors (Lipinski definition) is 1. The molecular weight excluding hydrogens is 152 g/mol. The van der Waals surface area contributed by atoms with Crippen LogP contribution in [0.3, 0.4) is 0 Å². The zero-order valence-electron chi connectivity index (χ0n) is 6.81. The molecule has 0 aliphatic heterocycles. The van der Waals surface area contributed by atoms with E-state index >= 15 is 0 Å². The predicted octanol–water partition coefficient (Wildman–Crippen LogP) is 1.55. The monoisotopic (exact) mass is 164 g/mol. The lowest BCUT2D eigenvalue weighted by molar-refractivity contribution is -0.104. The number of aliphatic hydroxyl groups excluding tert-OH is 1. The number of rotatable bonds is 2. The Kier molecular flexibility index (Phi) is 6.79. The van der Waals surface area contributed by atoms with Gasteiger partial charge in [-0.3, -0.25) is 4.79 Å². The van der Waals surface area contributed by atoms with Crippen LogP contribution >= 0.6 is 0 Å². The van der Waals surface area contributed by atoms with Gasteiger partial charge in [-0.2, -0.15) is 0 Å². The van der Waals surface area contributed by atoms with Gasteiger partial charge < -0.3 is 5.11 Å². The van der Waals surface area contributed by atoms with Crippen LogP contribution in [0.2, 0.25) is 0 Å². The van der Waals surface area contributed by atoms with Crippen molar-refractivity contribution in [2.24, 2.45) is 0 Å². The van der Waals surface area contributed by atoms with Crippen LogP contribution in [0.25, 0.3) is 0 Å². The molecule has 0 saturated heterocycles. The Bertz CT molecular complexity index is 211. The smallest absolute Gasteiger partial charge is 0.142 e. The van der Waals surface area contributed by atoms with E-state index < -0.39 is 0 Å². The van der Waals surface area contributed by atoms with Crippen molar-refractivity contribution in [2.75, 3.05) is 0 Å². The normalized spacial score (nSPS) is 7.75. The molecule has 64 valence electrons. The van der Waals surface area contributed by atoms with Crippen molar-refractivity contribution in [1.29, 1.82) is 0 Å². The number of allylic oxidation sites excluding steroid dienone is 1. The summed E-state index contributed by atoms with van der Waals surface area (Å²) in [6, 6.07) is 9.52. The van der Waals surface area contributed by atoms with Crippen LogP contribution in [-0.4, -0.2) is 11.4 Å². The second-order valence-corrected chi connectivity index (χ2v) is 2.02. The standard InChI is InChI=1S/C7H8O.C3H4O/c8-6-7-4-2-1-3-5-7;1-2-3-4/h1-5,8H,6H2;2-3H,1H2. The van der Waals surface area contributed by atoms with E-state index in [4.69, 9.17) is 9.90 Å². The van der Waals surface area contributed by atoms with Gasteiger partial charge in [-0.05, 0) is 11.6 Å². The molecule has 0 radical (unpaired) electrons. The minimum absolute atomic E-state index is 0.140. The zero-order valence-corrected chi connectivity index (χ0v) is 6.81. The molecule has 1 N–H and O–H groups in total. The maximum absolute atomic E-state index is 9.06. The summed E-state index contributed by atoms with van der Waals surface area (Å²) < 4.78 is 0. The van der Waals surface area contributed by atoms with Gasteiger partial charge in [0, 0.05) is 0 Å². The maximum Gasteiger partial charge on any atom is 0.142 e. The van der Waals surface area contributed by atoms with E-state index in [0.29, 0.717) is 6.29 Å². The summed E-state index contributed by atoms with van der Waals surface area (Å²) in [5, 5.41) is 8.54. The Morgan fingerprint density at radius 3 is 2.08 bits per heavy atom. The van der Waals surface area contributed by atoms with E-state index in [9.17, 15) is 0 Å². The third-order valence-electron chi connectivity index (χ3n) is 1.12. The molecular formula is C10H12O2. The lowest BCUT2D eigenvalue weighted by atomic mass is 10.2. The van der Waals surface area contributed by atoms with Crippen LogP contribution in [-0.2, 0) is 11.4 Å². The van der Waals surface area contributed by atoms with Gasteiger partial charge in [-0.15, -0.1) is 0 Å². The minimum atomic E-state index is 0.140. The average molecular weight is 164 g/mol. The van der Waals surface area contributed by atoms with Gasteiger partial charge in [0.25, 0.3) is 0 Å². The summed E-state index contributed by atoms with van der Waals surface area (Å²) >= 11 is 0. The summed E-state index contributed by atoms with van der Waals surface area (Å²) in [4.78, 5) is 9.06. The Balaban J connectivity index is 0.000000261. The number of hydrogen-bond acceptors (Lipinski definition) is 2. The summed E-state index contributed by atoms with van der Waals surface area (Å²) in [5.74, 6) is 0. The highest BCUT2D eigenvalue weighted by Gasteiger charge is 1.81. The third kappa shape index (κ3) is 5.38. The van der Waals surface area contributed by atoms with Crippen molar-refractivity contribution in [2.45, 2.75) is 6.61 Å². The molecule has 0 saturated carbocycles. The van der Waals surface area contributed by atoms with Crippen LogP contribution < -0.4 is 0 Å². The largest absolute Gasteiger partial charge is 0.392 e. The first-order chi connectivity index (χ1) is 5.85. The number of carbonyl (C=O) groups excluding carboxylic acids is 1. The molecule has 0 aliphatic carbocycles. The molecule has 0 fully saturated rings. The van der Waals surface area contributed by atoms with Crippen molar-refractivity contribution in [3.05, 3.63) is 48.6 Å². The van der Waals surface area contributed by atoms with Gasteiger partial charge in [0.1, 0.15) is 6.29 Å². The number of benzene rings is 1. The average Bonchev–Trinajstić information content (AvgIpc) is 2.19. The first kappa shape index (κ1) is 10.6. The van der Waals surface area contributed by atoms with Crippen molar-refractivity contribution in [3.63, 3.8) is 0 Å². The first-order valence-corrected chi connectivity index (χ1v) is 3.56. The highest BCUT2D eigenvalue weighted by molar-refractivity contribution is 5.63. The highest BCUT2D eigenvalue weighted by Crippen LogP contribution is 1.95. The molecule has 0 bridgehead atoms. The van der Waals surface area contributed by atoms with E-state index in [2.05, 4.69) is 6.58 Å². The van der Waals surface area contributed by atoms with Gasteiger partial charge in [-0.25, -0.2) is 0 Å².